The van der Waals surface area contributed by atoms with Gasteiger partial charge in [-0.1, -0.05) is 6.92 Å². The minimum absolute atomic E-state index is 0.139. The molecule has 0 saturated heterocycles. The lowest BCUT2D eigenvalue weighted by Crippen LogP contribution is -2.48. The molecule has 3 rings (SSSR count). The van der Waals surface area contributed by atoms with Crippen LogP contribution >= 0.6 is 0 Å². The molecule has 0 aromatic carbocycles. The van der Waals surface area contributed by atoms with Crippen molar-refractivity contribution in [2.45, 2.75) is 76.9 Å². The SMILES string of the molecule is CC1CCC(NC(=O)[C@@H](C)NC[C@@H]2CCCn3ccnc32)CC1. The maximum Gasteiger partial charge on any atom is 0.237 e. The number of imidazole rings is 1. The van der Waals surface area contributed by atoms with E-state index in [0.717, 1.165) is 44.1 Å². The van der Waals surface area contributed by atoms with Crippen molar-refractivity contribution in [3.8, 4) is 0 Å². The van der Waals surface area contributed by atoms with Gasteiger partial charge in [0.15, 0.2) is 0 Å². The summed E-state index contributed by atoms with van der Waals surface area (Å²) in [6, 6.07) is 0.233. The highest BCUT2D eigenvalue weighted by atomic mass is 16.2. The number of amides is 1. The van der Waals surface area contributed by atoms with Gasteiger partial charge in [0.25, 0.3) is 0 Å². The van der Waals surface area contributed by atoms with E-state index in [1.54, 1.807) is 0 Å². The van der Waals surface area contributed by atoms with E-state index in [-0.39, 0.29) is 11.9 Å². The van der Waals surface area contributed by atoms with Crippen LogP contribution in [0.15, 0.2) is 12.4 Å². The molecule has 1 fully saturated rings. The third kappa shape index (κ3) is 4.14. The Balaban J connectivity index is 1.44. The van der Waals surface area contributed by atoms with Gasteiger partial charge >= 0.3 is 0 Å². The van der Waals surface area contributed by atoms with Gasteiger partial charge in [-0.15, -0.1) is 0 Å². The first-order chi connectivity index (χ1) is 11.1. The van der Waals surface area contributed by atoms with Crippen molar-refractivity contribution in [3.63, 3.8) is 0 Å². The smallest absolute Gasteiger partial charge is 0.237 e. The van der Waals surface area contributed by atoms with E-state index in [1.807, 2.05) is 13.1 Å². The zero-order chi connectivity index (χ0) is 16.2. The van der Waals surface area contributed by atoms with Gasteiger partial charge in [-0.2, -0.15) is 0 Å². The van der Waals surface area contributed by atoms with Crippen molar-refractivity contribution in [2.75, 3.05) is 6.54 Å². The molecule has 2 N–H and O–H groups in total. The Morgan fingerprint density at radius 3 is 2.91 bits per heavy atom. The second-order valence-corrected chi connectivity index (χ2v) is 7.41. The normalized spacial score (nSPS) is 28.9. The number of aryl methyl sites for hydroxylation is 1. The third-order valence-corrected chi connectivity index (χ3v) is 5.49. The van der Waals surface area contributed by atoms with E-state index in [4.69, 9.17) is 0 Å². The Bertz CT molecular complexity index is 519. The van der Waals surface area contributed by atoms with Crippen molar-refractivity contribution in [2.24, 2.45) is 5.92 Å². The van der Waals surface area contributed by atoms with Crippen LogP contribution < -0.4 is 10.6 Å². The molecule has 128 valence electrons. The minimum atomic E-state index is -0.139. The number of hydrogen-bond acceptors (Lipinski definition) is 3. The van der Waals surface area contributed by atoms with Crippen LogP contribution in [-0.2, 0) is 11.3 Å². The number of nitrogens with zero attached hydrogens (tertiary/aromatic N) is 2. The monoisotopic (exact) mass is 318 g/mol. The molecule has 5 heteroatoms. The second kappa shape index (κ2) is 7.47. The Morgan fingerprint density at radius 1 is 1.35 bits per heavy atom. The molecule has 5 nitrogen and oxygen atoms in total. The molecule has 2 aliphatic rings. The fourth-order valence-corrected chi connectivity index (χ4v) is 3.84. The quantitative estimate of drug-likeness (QED) is 0.876. The molecule has 1 amide bonds. The van der Waals surface area contributed by atoms with Crippen molar-refractivity contribution >= 4 is 5.91 Å². The molecule has 1 saturated carbocycles. The number of aromatic nitrogens is 2. The highest BCUT2D eigenvalue weighted by Crippen LogP contribution is 2.25. The summed E-state index contributed by atoms with van der Waals surface area (Å²) in [5.74, 6) is 2.54. The molecule has 1 aliphatic carbocycles. The first kappa shape index (κ1) is 16.5. The number of fused-ring (bicyclic) bond motifs is 1. The summed E-state index contributed by atoms with van der Waals surface area (Å²) in [6.45, 7) is 6.17. The summed E-state index contributed by atoms with van der Waals surface area (Å²) in [5, 5.41) is 6.63. The molecule has 0 spiro atoms. The first-order valence-electron chi connectivity index (χ1n) is 9.18. The van der Waals surface area contributed by atoms with Crippen LogP contribution in [-0.4, -0.2) is 34.1 Å². The van der Waals surface area contributed by atoms with Crippen LogP contribution in [0.25, 0.3) is 0 Å². The number of carbonyl (C=O) groups is 1. The largest absolute Gasteiger partial charge is 0.352 e. The molecule has 23 heavy (non-hydrogen) atoms. The maximum atomic E-state index is 12.4. The summed E-state index contributed by atoms with van der Waals surface area (Å²) in [4.78, 5) is 16.9. The van der Waals surface area contributed by atoms with E-state index < -0.39 is 0 Å². The topological polar surface area (TPSA) is 59.0 Å². The summed E-state index contributed by atoms with van der Waals surface area (Å²) in [6.07, 6.45) is 11.0. The van der Waals surface area contributed by atoms with Gasteiger partial charge in [0.05, 0.1) is 6.04 Å². The fraction of sp³-hybridized carbons (Fsp3) is 0.778. The highest BCUT2D eigenvalue weighted by Gasteiger charge is 2.25. The molecule has 1 aliphatic heterocycles. The van der Waals surface area contributed by atoms with Gasteiger partial charge in [-0.25, -0.2) is 4.98 Å². The predicted molar refractivity (Wildman–Crippen MR) is 91.2 cm³/mol. The summed E-state index contributed by atoms with van der Waals surface area (Å²) in [7, 11) is 0. The van der Waals surface area contributed by atoms with E-state index in [2.05, 4.69) is 33.3 Å². The van der Waals surface area contributed by atoms with Crippen LogP contribution in [0.2, 0.25) is 0 Å². The number of hydrogen-bond donors (Lipinski definition) is 2. The van der Waals surface area contributed by atoms with Crippen molar-refractivity contribution in [1.29, 1.82) is 0 Å². The van der Waals surface area contributed by atoms with Crippen molar-refractivity contribution in [1.82, 2.24) is 20.2 Å². The molecule has 0 unspecified atom stereocenters. The lowest BCUT2D eigenvalue weighted by Gasteiger charge is -2.29. The van der Waals surface area contributed by atoms with Gasteiger partial charge in [0.1, 0.15) is 5.82 Å². The van der Waals surface area contributed by atoms with Crippen LogP contribution in [0.5, 0.6) is 0 Å². The van der Waals surface area contributed by atoms with Gasteiger partial charge in [0, 0.05) is 37.4 Å². The lowest BCUT2D eigenvalue weighted by atomic mass is 9.87. The predicted octanol–water partition coefficient (Wildman–Crippen LogP) is 2.43. The van der Waals surface area contributed by atoms with E-state index in [1.165, 1.54) is 19.3 Å². The highest BCUT2D eigenvalue weighted by molar-refractivity contribution is 5.81. The molecule has 2 atom stereocenters. The number of rotatable bonds is 5. The molecule has 2 heterocycles. The molecule has 0 radical (unpaired) electrons. The van der Waals surface area contributed by atoms with E-state index >= 15 is 0 Å². The van der Waals surface area contributed by atoms with Crippen molar-refractivity contribution < 1.29 is 4.79 Å². The second-order valence-electron chi connectivity index (χ2n) is 7.41. The van der Waals surface area contributed by atoms with Crippen LogP contribution in [0.1, 0.15) is 64.1 Å². The maximum absolute atomic E-state index is 12.4. The Hall–Kier alpha value is -1.36. The number of carbonyl (C=O) groups excluding carboxylic acids is 1. The molecule has 1 aromatic rings. The van der Waals surface area contributed by atoms with E-state index in [9.17, 15) is 4.79 Å². The zero-order valence-electron chi connectivity index (χ0n) is 14.4. The van der Waals surface area contributed by atoms with Crippen LogP contribution in [0, 0.1) is 5.92 Å². The fourth-order valence-electron chi connectivity index (χ4n) is 3.84. The van der Waals surface area contributed by atoms with Gasteiger partial charge < -0.3 is 15.2 Å². The summed E-state index contributed by atoms with van der Waals surface area (Å²) in [5.41, 5.74) is 0. The zero-order valence-corrected chi connectivity index (χ0v) is 14.4. The molecular weight excluding hydrogens is 288 g/mol. The minimum Gasteiger partial charge on any atom is -0.352 e. The van der Waals surface area contributed by atoms with Gasteiger partial charge in [-0.05, 0) is 51.4 Å². The summed E-state index contributed by atoms with van der Waals surface area (Å²) >= 11 is 0. The molecule has 0 bridgehead atoms. The average Bonchev–Trinajstić information content (AvgIpc) is 3.03. The Kier molecular flexibility index (Phi) is 5.36. The Morgan fingerprint density at radius 2 is 2.13 bits per heavy atom. The number of nitrogens with one attached hydrogen (secondary N) is 2. The third-order valence-electron chi connectivity index (χ3n) is 5.49. The van der Waals surface area contributed by atoms with Crippen LogP contribution in [0.3, 0.4) is 0 Å². The summed E-state index contributed by atoms with van der Waals surface area (Å²) < 4.78 is 2.24. The molecular formula is C18H30N4O. The molecule has 1 aromatic heterocycles. The average molecular weight is 318 g/mol. The van der Waals surface area contributed by atoms with Gasteiger partial charge in [-0.3, -0.25) is 4.79 Å². The Labute approximate surface area is 139 Å². The van der Waals surface area contributed by atoms with E-state index in [0.29, 0.717) is 12.0 Å². The first-order valence-corrected chi connectivity index (χ1v) is 9.18. The van der Waals surface area contributed by atoms with Crippen LogP contribution in [0.4, 0.5) is 0 Å². The standard InChI is InChI=1S/C18H30N4O/c1-13-5-7-16(8-6-13)21-18(23)14(2)20-12-15-4-3-10-22-11-9-19-17(15)22/h9,11,13-16,20H,3-8,10,12H2,1-2H3,(H,21,23)/t13?,14-,15+,16?/m1/s1. The lowest BCUT2D eigenvalue weighted by molar-refractivity contribution is -0.123. The van der Waals surface area contributed by atoms with Crippen molar-refractivity contribution in [3.05, 3.63) is 18.2 Å². The van der Waals surface area contributed by atoms with Gasteiger partial charge in [0.2, 0.25) is 5.91 Å².